The van der Waals surface area contributed by atoms with Gasteiger partial charge >= 0.3 is 5.97 Å². The fourth-order valence-electron chi connectivity index (χ4n) is 1.69. The van der Waals surface area contributed by atoms with Crippen LogP contribution in [0.4, 0.5) is 0 Å². The van der Waals surface area contributed by atoms with E-state index in [0.29, 0.717) is 13.1 Å². The summed E-state index contributed by atoms with van der Waals surface area (Å²) in [5, 5.41) is 14.6. The second kappa shape index (κ2) is 4.13. The molecule has 17 heavy (non-hydrogen) atoms. The Bertz CT molecular complexity index is 424. The summed E-state index contributed by atoms with van der Waals surface area (Å²) in [4.78, 5) is 27.4. The van der Waals surface area contributed by atoms with E-state index in [1.165, 1.54) is 11.2 Å². The molecule has 8 heteroatoms. The first-order valence-electron chi connectivity index (χ1n) is 5.00. The molecule has 1 aromatic heterocycles. The zero-order valence-electron chi connectivity index (χ0n) is 9.21. The number of carboxylic acids is 1. The number of amides is 1. The van der Waals surface area contributed by atoms with Crippen molar-refractivity contribution in [1.29, 1.82) is 0 Å². The number of aliphatic carboxylic acids is 1. The van der Waals surface area contributed by atoms with Gasteiger partial charge in [-0.3, -0.25) is 9.89 Å². The number of nitrogens with zero attached hydrogens (tertiary/aromatic N) is 3. The number of ether oxygens (including phenoxy) is 1. The zero-order valence-corrected chi connectivity index (χ0v) is 9.21. The summed E-state index contributed by atoms with van der Waals surface area (Å²) in [6.45, 7) is 2.10. The minimum absolute atomic E-state index is 0.172. The number of hydrogen-bond acceptors (Lipinski definition) is 5. The normalized spacial score (nSPS) is 17.6. The molecular weight excluding hydrogens is 228 g/mol. The van der Waals surface area contributed by atoms with Crippen molar-refractivity contribution in [3.05, 3.63) is 12.2 Å². The van der Waals surface area contributed by atoms with Crippen molar-refractivity contribution in [2.45, 2.75) is 12.5 Å². The average molecular weight is 240 g/mol. The van der Waals surface area contributed by atoms with E-state index >= 15 is 0 Å². The fourth-order valence-corrected chi connectivity index (χ4v) is 1.69. The molecule has 92 valence electrons. The number of H-pyrrole nitrogens is 1. The number of likely N-dealkylation sites (tertiary alicyclic amines) is 1. The average Bonchev–Trinajstić information content (AvgIpc) is 2.74. The Labute approximate surface area is 96.6 Å². The third-order valence-electron chi connectivity index (χ3n) is 2.50. The van der Waals surface area contributed by atoms with Crippen LogP contribution in [0.3, 0.4) is 0 Å². The van der Waals surface area contributed by atoms with Gasteiger partial charge in [-0.15, -0.1) is 0 Å². The van der Waals surface area contributed by atoms with E-state index in [0.717, 1.165) is 0 Å². The first-order valence-corrected chi connectivity index (χ1v) is 5.00. The van der Waals surface area contributed by atoms with Crippen molar-refractivity contribution in [2.75, 3.05) is 19.7 Å². The molecule has 0 radical (unpaired) electrons. The molecule has 0 spiro atoms. The number of carbonyl (C=O) groups is 2. The second-order valence-electron chi connectivity index (χ2n) is 4.13. The molecule has 1 aliphatic heterocycles. The molecule has 0 aromatic carbocycles. The highest BCUT2D eigenvalue weighted by Gasteiger charge is 2.43. The summed E-state index contributed by atoms with van der Waals surface area (Å²) in [5.74, 6) is -1.12. The summed E-state index contributed by atoms with van der Waals surface area (Å²) in [6, 6.07) is 0. The minimum atomic E-state index is -1.02. The number of rotatable bonds is 4. The second-order valence-corrected chi connectivity index (χ2v) is 4.13. The Morgan fingerprint density at radius 2 is 2.35 bits per heavy atom. The molecule has 2 heterocycles. The van der Waals surface area contributed by atoms with Crippen LogP contribution >= 0.6 is 0 Å². The van der Waals surface area contributed by atoms with Crippen molar-refractivity contribution in [1.82, 2.24) is 20.1 Å². The standard InChI is InChI=1S/C9H12N4O4/c1-9(17-2-6(14)15)3-13(4-9)8(16)7-10-5-11-12-7/h5H,2-4H2,1H3,(H,14,15)(H,10,11,12). The van der Waals surface area contributed by atoms with Gasteiger partial charge in [0, 0.05) is 0 Å². The molecule has 1 fully saturated rings. The number of carbonyl (C=O) groups excluding carboxylic acids is 1. The van der Waals surface area contributed by atoms with Crippen molar-refractivity contribution >= 4 is 11.9 Å². The van der Waals surface area contributed by atoms with Crippen LogP contribution in [0.15, 0.2) is 6.33 Å². The monoisotopic (exact) mass is 240 g/mol. The van der Waals surface area contributed by atoms with E-state index in [1.807, 2.05) is 0 Å². The molecule has 2 rings (SSSR count). The van der Waals surface area contributed by atoms with Crippen LogP contribution in [0.25, 0.3) is 0 Å². The van der Waals surface area contributed by atoms with Gasteiger partial charge in [0.2, 0.25) is 5.82 Å². The maximum Gasteiger partial charge on any atom is 0.329 e. The number of hydrogen-bond donors (Lipinski definition) is 2. The Kier molecular flexibility index (Phi) is 2.80. The zero-order chi connectivity index (χ0) is 12.5. The first kappa shape index (κ1) is 11.5. The Morgan fingerprint density at radius 3 is 2.88 bits per heavy atom. The molecule has 0 unspecified atom stereocenters. The molecule has 2 N–H and O–H groups in total. The van der Waals surface area contributed by atoms with Gasteiger partial charge in [0.15, 0.2) is 0 Å². The maximum absolute atomic E-state index is 11.7. The van der Waals surface area contributed by atoms with Gasteiger partial charge < -0.3 is 14.7 Å². The number of aromatic amines is 1. The summed E-state index contributed by atoms with van der Waals surface area (Å²) in [7, 11) is 0. The highest BCUT2D eigenvalue weighted by Crippen LogP contribution is 2.25. The number of aromatic nitrogens is 3. The molecule has 0 atom stereocenters. The maximum atomic E-state index is 11.7. The van der Waals surface area contributed by atoms with E-state index < -0.39 is 11.6 Å². The van der Waals surface area contributed by atoms with Crippen molar-refractivity contribution < 1.29 is 19.4 Å². The van der Waals surface area contributed by atoms with E-state index in [2.05, 4.69) is 15.2 Å². The van der Waals surface area contributed by atoms with Crippen LogP contribution in [-0.4, -0.2) is 62.4 Å². The van der Waals surface area contributed by atoms with Gasteiger partial charge in [-0.25, -0.2) is 9.78 Å². The van der Waals surface area contributed by atoms with Gasteiger partial charge in [-0.05, 0) is 6.92 Å². The molecule has 1 aliphatic rings. The SMILES string of the molecule is CC1(OCC(=O)O)CN(C(=O)c2ncn[nH]2)C1. The molecule has 1 saturated heterocycles. The smallest absolute Gasteiger partial charge is 0.329 e. The van der Waals surface area contributed by atoms with Crippen LogP contribution < -0.4 is 0 Å². The molecule has 1 aromatic rings. The molecule has 0 saturated carbocycles. The number of carboxylic acid groups (broad SMARTS) is 1. The predicted octanol–water partition coefficient (Wildman–Crippen LogP) is -0.880. The van der Waals surface area contributed by atoms with Crippen molar-refractivity contribution in [3.63, 3.8) is 0 Å². The predicted molar refractivity (Wildman–Crippen MR) is 54.3 cm³/mol. The van der Waals surface area contributed by atoms with E-state index in [-0.39, 0.29) is 18.3 Å². The lowest BCUT2D eigenvalue weighted by molar-refractivity contribution is -0.160. The minimum Gasteiger partial charge on any atom is -0.480 e. The van der Waals surface area contributed by atoms with Crippen LogP contribution in [0.1, 0.15) is 17.5 Å². The van der Waals surface area contributed by atoms with E-state index in [1.54, 1.807) is 6.92 Å². The van der Waals surface area contributed by atoms with Crippen LogP contribution in [0.2, 0.25) is 0 Å². The lowest BCUT2D eigenvalue weighted by Crippen LogP contribution is -2.63. The van der Waals surface area contributed by atoms with Gasteiger partial charge in [0.25, 0.3) is 5.91 Å². The summed E-state index contributed by atoms with van der Waals surface area (Å²) >= 11 is 0. The fraction of sp³-hybridized carbons (Fsp3) is 0.556. The Morgan fingerprint density at radius 1 is 1.65 bits per heavy atom. The molecule has 0 aliphatic carbocycles. The van der Waals surface area contributed by atoms with Crippen LogP contribution in [0.5, 0.6) is 0 Å². The Hall–Kier alpha value is -1.96. The van der Waals surface area contributed by atoms with Gasteiger partial charge in [0.1, 0.15) is 18.5 Å². The van der Waals surface area contributed by atoms with Gasteiger partial charge in [-0.1, -0.05) is 0 Å². The Balaban J connectivity index is 1.86. The third kappa shape index (κ3) is 2.41. The third-order valence-corrected chi connectivity index (χ3v) is 2.50. The van der Waals surface area contributed by atoms with Gasteiger partial charge in [0.05, 0.1) is 13.1 Å². The van der Waals surface area contributed by atoms with Gasteiger partial charge in [-0.2, -0.15) is 5.10 Å². The van der Waals surface area contributed by atoms with E-state index in [9.17, 15) is 9.59 Å². The molecule has 8 nitrogen and oxygen atoms in total. The molecular formula is C9H12N4O4. The lowest BCUT2D eigenvalue weighted by atomic mass is 9.96. The quantitative estimate of drug-likeness (QED) is 0.707. The van der Waals surface area contributed by atoms with Crippen molar-refractivity contribution in [3.8, 4) is 0 Å². The van der Waals surface area contributed by atoms with Crippen LogP contribution in [-0.2, 0) is 9.53 Å². The summed E-state index contributed by atoms with van der Waals surface area (Å²) in [5.41, 5.74) is -0.589. The summed E-state index contributed by atoms with van der Waals surface area (Å²) < 4.78 is 5.18. The topological polar surface area (TPSA) is 108 Å². The molecule has 1 amide bonds. The first-order chi connectivity index (χ1) is 8.00. The molecule has 0 bridgehead atoms. The van der Waals surface area contributed by atoms with E-state index in [4.69, 9.17) is 9.84 Å². The summed E-state index contributed by atoms with van der Waals surface area (Å²) in [6.07, 6.45) is 1.26. The highest BCUT2D eigenvalue weighted by atomic mass is 16.5. The number of nitrogens with one attached hydrogen (secondary N) is 1. The van der Waals surface area contributed by atoms with Crippen LogP contribution in [0, 0.1) is 0 Å². The largest absolute Gasteiger partial charge is 0.480 e. The highest BCUT2D eigenvalue weighted by molar-refractivity contribution is 5.91. The van der Waals surface area contributed by atoms with Crippen molar-refractivity contribution in [2.24, 2.45) is 0 Å². The lowest BCUT2D eigenvalue weighted by Gasteiger charge is -2.46.